The number of benzene rings is 2. The van der Waals surface area contributed by atoms with Crippen molar-refractivity contribution >= 4 is 64.1 Å². The summed E-state index contributed by atoms with van der Waals surface area (Å²) in [6.07, 6.45) is 0. The standard InChI is InChI=1S/C6Cl5.C6H5.Hg/c7-2-1-3(8)5(10)6(11)4(2)9;1-2-4-6-5-3-1;/h;1-5H;. The van der Waals surface area contributed by atoms with Gasteiger partial charge in [-0.15, -0.1) is 0 Å². The summed E-state index contributed by atoms with van der Waals surface area (Å²) in [7, 11) is 0. The molecule has 0 nitrogen and oxygen atoms in total. The van der Waals surface area contributed by atoms with E-state index in [4.69, 9.17) is 58.0 Å². The van der Waals surface area contributed by atoms with Crippen molar-refractivity contribution in [2.24, 2.45) is 0 Å². The summed E-state index contributed by atoms with van der Waals surface area (Å²) in [5, 5.41) is 1.69. The molecule has 0 aliphatic carbocycles. The first-order valence-electron chi connectivity index (χ1n) is 5.06. The predicted molar refractivity (Wildman–Crippen MR) is 77.2 cm³/mol. The average molecular weight is 527 g/mol. The van der Waals surface area contributed by atoms with Gasteiger partial charge in [0.25, 0.3) is 0 Å². The van der Waals surface area contributed by atoms with Crippen molar-refractivity contribution < 1.29 is 24.6 Å². The van der Waals surface area contributed by atoms with Crippen molar-refractivity contribution in [1.29, 1.82) is 0 Å². The van der Waals surface area contributed by atoms with Gasteiger partial charge in [0.1, 0.15) is 0 Å². The van der Waals surface area contributed by atoms with Crippen LogP contribution in [-0.2, 0) is 24.6 Å². The Morgan fingerprint density at radius 2 is 1.06 bits per heavy atom. The average Bonchev–Trinajstić information content (AvgIpc) is 2.40. The molecule has 2 rings (SSSR count). The summed E-state index contributed by atoms with van der Waals surface area (Å²) in [6.45, 7) is 0. The molecule has 18 heavy (non-hydrogen) atoms. The Morgan fingerprint density at radius 1 is 0.611 bits per heavy atom. The van der Waals surface area contributed by atoms with Gasteiger partial charge < -0.3 is 0 Å². The van der Waals surface area contributed by atoms with Gasteiger partial charge in [0.05, 0.1) is 0 Å². The molecular weight excluding hydrogens is 522 g/mol. The van der Waals surface area contributed by atoms with Gasteiger partial charge in [-0.3, -0.25) is 0 Å². The second kappa shape index (κ2) is 6.52. The van der Waals surface area contributed by atoms with Gasteiger partial charge in [-0.25, -0.2) is 0 Å². The number of halogens is 5. The molecule has 2 aromatic rings. The van der Waals surface area contributed by atoms with Crippen LogP contribution in [0.25, 0.3) is 0 Å². The molecule has 0 N–H and O–H groups in total. The van der Waals surface area contributed by atoms with Crippen LogP contribution in [0.15, 0.2) is 30.3 Å². The van der Waals surface area contributed by atoms with Crippen LogP contribution >= 0.6 is 58.0 Å². The SMILES string of the molecule is Clc1c(Cl)c(Cl)[c]([Hg][c]2ccccc2)c(Cl)c1Cl. The monoisotopic (exact) mass is 526 g/mol. The fourth-order valence-electron chi connectivity index (χ4n) is 1.61. The van der Waals surface area contributed by atoms with Gasteiger partial charge in [-0.2, -0.15) is 0 Å². The molecule has 90 valence electrons. The van der Waals surface area contributed by atoms with E-state index in [1.54, 1.807) is 0 Å². The Kier molecular flexibility index (Phi) is 5.51. The molecule has 0 spiro atoms. The summed E-state index contributed by atoms with van der Waals surface area (Å²) >= 11 is 28.8. The van der Waals surface area contributed by atoms with Gasteiger partial charge in [-0.05, 0) is 0 Å². The van der Waals surface area contributed by atoms with E-state index < -0.39 is 24.6 Å². The summed E-state index contributed by atoms with van der Waals surface area (Å²) in [5.74, 6) is 0. The fraction of sp³-hybridized carbons (Fsp3) is 0. The van der Waals surface area contributed by atoms with Gasteiger partial charge >= 0.3 is 144 Å². The summed E-state index contributed by atoms with van der Waals surface area (Å²) in [5.41, 5.74) is 0. The van der Waals surface area contributed by atoms with Gasteiger partial charge in [-0.1, -0.05) is 0 Å². The van der Waals surface area contributed by atoms with Gasteiger partial charge in [0.15, 0.2) is 0 Å². The van der Waals surface area contributed by atoms with Crippen LogP contribution in [-0.4, -0.2) is 0 Å². The quantitative estimate of drug-likeness (QED) is 0.294. The Morgan fingerprint density at radius 3 is 1.56 bits per heavy atom. The van der Waals surface area contributed by atoms with E-state index in [1.807, 2.05) is 18.2 Å². The third-order valence-electron chi connectivity index (χ3n) is 2.52. The molecule has 0 unspecified atom stereocenters. The van der Waals surface area contributed by atoms with Crippen molar-refractivity contribution in [2.45, 2.75) is 0 Å². The zero-order valence-electron chi connectivity index (χ0n) is 8.98. The van der Waals surface area contributed by atoms with Gasteiger partial charge in [0.2, 0.25) is 0 Å². The van der Waals surface area contributed by atoms with Crippen LogP contribution in [0.1, 0.15) is 0 Å². The molecule has 0 radical (unpaired) electrons. The third kappa shape index (κ3) is 3.11. The molecule has 0 atom stereocenters. The van der Waals surface area contributed by atoms with Crippen LogP contribution in [0.3, 0.4) is 0 Å². The van der Waals surface area contributed by atoms with Crippen molar-refractivity contribution in [3.05, 3.63) is 55.4 Å². The van der Waals surface area contributed by atoms with E-state index in [-0.39, 0.29) is 5.02 Å². The predicted octanol–water partition coefficient (Wildman–Crippen LogP) is 4.99. The molecular formula is C12H5Cl5Hg. The molecule has 0 fully saturated rings. The Hall–Kier alpha value is 0.825. The number of hydrogen-bond donors (Lipinski definition) is 0. The Labute approximate surface area is 143 Å². The Balaban J connectivity index is 2.52. The molecule has 0 aliphatic heterocycles. The van der Waals surface area contributed by atoms with E-state index in [1.165, 1.54) is 3.07 Å². The zero-order valence-corrected chi connectivity index (χ0v) is 18.3. The molecule has 2 aromatic carbocycles. The van der Waals surface area contributed by atoms with Crippen molar-refractivity contribution in [3.63, 3.8) is 0 Å². The van der Waals surface area contributed by atoms with Crippen LogP contribution in [0.5, 0.6) is 0 Å². The summed E-state index contributed by atoms with van der Waals surface area (Å²) < 4.78 is 2.19. The van der Waals surface area contributed by atoms with E-state index in [2.05, 4.69) is 12.1 Å². The zero-order chi connectivity index (χ0) is 13.3. The van der Waals surface area contributed by atoms with Crippen molar-refractivity contribution in [3.8, 4) is 0 Å². The van der Waals surface area contributed by atoms with E-state index >= 15 is 0 Å². The van der Waals surface area contributed by atoms with Crippen LogP contribution in [0.2, 0.25) is 25.1 Å². The molecule has 0 heterocycles. The molecule has 0 aliphatic rings. The topological polar surface area (TPSA) is 0 Å². The molecule has 0 bridgehead atoms. The second-order valence-corrected chi connectivity index (χ2v) is 12.9. The Bertz CT molecular complexity index is 554. The van der Waals surface area contributed by atoms with E-state index in [0.717, 1.165) is 3.07 Å². The second-order valence-electron chi connectivity index (χ2n) is 3.71. The molecule has 0 saturated heterocycles. The van der Waals surface area contributed by atoms with E-state index in [0.29, 0.717) is 20.1 Å². The fourth-order valence-corrected chi connectivity index (χ4v) is 11.0. The molecule has 6 heteroatoms. The van der Waals surface area contributed by atoms with Gasteiger partial charge in [0, 0.05) is 0 Å². The normalized spacial score (nSPS) is 10.3. The molecule has 0 aromatic heterocycles. The maximum atomic E-state index is 6.22. The first-order valence-corrected chi connectivity index (χ1v) is 12.5. The van der Waals surface area contributed by atoms with Crippen molar-refractivity contribution in [2.75, 3.05) is 0 Å². The minimum absolute atomic E-state index is 0.221. The number of hydrogen-bond acceptors (Lipinski definition) is 0. The summed E-state index contributed by atoms with van der Waals surface area (Å²) in [4.78, 5) is 0. The van der Waals surface area contributed by atoms with E-state index in [9.17, 15) is 0 Å². The minimum atomic E-state index is -1.68. The first kappa shape index (κ1) is 15.2. The van der Waals surface area contributed by atoms with Crippen LogP contribution < -0.4 is 6.14 Å². The van der Waals surface area contributed by atoms with Crippen LogP contribution in [0.4, 0.5) is 0 Å². The summed E-state index contributed by atoms with van der Waals surface area (Å²) in [6, 6.07) is 10.1. The van der Waals surface area contributed by atoms with Crippen molar-refractivity contribution in [1.82, 2.24) is 0 Å². The molecule has 0 saturated carbocycles. The maximum absolute atomic E-state index is 6.22. The number of rotatable bonds is 2. The van der Waals surface area contributed by atoms with Crippen LogP contribution in [0, 0.1) is 0 Å². The first-order chi connectivity index (χ1) is 8.52. The molecule has 0 amide bonds. The third-order valence-corrected chi connectivity index (χ3v) is 14.2.